The minimum absolute atomic E-state index is 0.0373. The van der Waals surface area contributed by atoms with Gasteiger partial charge < -0.3 is 19.7 Å². The standard InChI is InChI=1S/C22H28O5/c1-22(2,14-24)26-13-15-7-9-21(19(25)11-15)27-20-10-8-16-5-3-4-6-17(16)18(20)12-23/h3-6,8,10,12,15,19,21,24-25H,7,9,11,13-14H2,1-2H3. The number of aldehydes is 1. The fourth-order valence-electron chi connectivity index (χ4n) is 3.54. The Balaban J connectivity index is 1.66. The number of rotatable bonds is 7. The van der Waals surface area contributed by atoms with Gasteiger partial charge in [0, 0.05) is 0 Å². The minimum atomic E-state index is -0.615. The minimum Gasteiger partial charge on any atom is -0.487 e. The number of hydrogen-bond donors (Lipinski definition) is 2. The predicted molar refractivity (Wildman–Crippen MR) is 104 cm³/mol. The second kappa shape index (κ2) is 8.38. The summed E-state index contributed by atoms with van der Waals surface area (Å²) < 4.78 is 11.8. The van der Waals surface area contributed by atoms with E-state index < -0.39 is 11.7 Å². The molecule has 0 aromatic heterocycles. The van der Waals surface area contributed by atoms with Gasteiger partial charge in [-0.3, -0.25) is 4.79 Å². The van der Waals surface area contributed by atoms with E-state index in [9.17, 15) is 15.0 Å². The Morgan fingerprint density at radius 1 is 1.19 bits per heavy atom. The molecular weight excluding hydrogens is 344 g/mol. The highest BCUT2D eigenvalue weighted by atomic mass is 16.5. The molecule has 0 aliphatic heterocycles. The van der Waals surface area contributed by atoms with E-state index in [-0.39, 0.29) is 18.6 Å². The average molecular weight is 372 g/mol. The third-order valence-electron chi connectivity index (χ3n) is 5.28. The summed E-state index contributed by atoms with van der Waals surface area (Å²) in [5.74, 6) is 0.747. The summed E-state index contributed by atoms with van der Waals surface area (Å²) in [6.07, 6.45) is 2.01. The van der Waals surface area contributed by atoms with Crippen LogP contribution in [0.1, 0.15) is 43.5 Å². The van der Waals surface area contributed by atoms with Gasteiger partial charge in [-0.2, -0.15) is 0 Å². The van der Waals surface area contributed by atoms with E-state index in [0.717, 1.165) is 23.5 Å². The molecule has 3 atom stereocenters. The number of hydrogen-bond acceptors (Lipinski definition) is 5. The van der Waals surface area contributed by atoms with Crippen LogP contribution in [-0.2, 0) is 4.74 Å². The highest BCUT2D eigenvalue weighted by molar-refractivity contribution is 6.00. The van der Waals surface area contributed by atoms with Crippen LogP contribution in [0.15, 0.2) is 36.4 Å². The highest BCUT2D eigenvalue weighted by Gasteiger charge is 2.32. The number of aliphatic hydroxyl groups excluding tert-OH is 2. The van der Waals surface area contributed by atoms with Crippen LogP contribution >= 0.6 is 0 Å². The van der Waals surface area contributed by atoms with Gasteiger partial charge in [0.15, 0.2) is 6.29 Å². The molecule has 146 valence electrons. The summed E-state index contributed by atoms with van der Waals surface area (Å²) in [6.45, 7) is 4.16. The monoisotopic (exact) mass is 372 g/mol. The summed E-state index contributed by atoms with van der Waals surface area (Å²) in [6, 6.07) is 11.4. The van der Waals surface area contributed by atoms with Gasteiger partial charge in [0.1, 0.15) is 11.9 Å². The van der Waals surface area contributed by atoms with Gasteiger partial charge in [0.25, 0.3) is 0 Å². The van der Waals surface area contributed by atoms with E-state index >= 15 is 0 Å². The van der Waals surface area contributed by atoms with E-state index in [4.69, 9.17) is 9.47 Å². The van der Waals surface area contributed by atoms with Crippen molar-refractivity contribution in [1.29, 1.82) is 0 Å². The van der Waals surface area contributed by atoms with Crippen molar-refractivity contribution in [2.24, 2.45) is 5.92 Å². The van der Waals surface area contributed by atoms with Gasteiger partial charge in [-0.05, 0) is 55.9 Å². The lowest BCUT2D eigenvalue weighted by Crippen LogP contribution is -2.40. The quantitative estimate of drug-likeness (QED) is 0.729. The van der Waals surface area contributed by atoms with Crippen LogP contribution in [0, 0.1) is 5.92 Å². The van der Waals surface area contributed by atoms with Crippen LogP contribution in [0.4, 0.5) is 0 Å². The first-order valence-electron chi connectivity index (χ1n) is 9.50. The van der Waals surface area contributed by atoms with E-state index in [2.05, 4.69) is 0 Å². The molecule has 1 saturated carbocycles. The molecule has 0 amide bonds. The normalized spacial score (nSPS) is 23.3. The van der Waals surface area contributed by atoms with Crippen molar-refractivity contribution in [1.82, 2.24) is 0 Å². The zero-order chi connectivity index (χ0) is 19.4. The van der Waals surface area contributed by atoms with Gasteiger partial charge in [-0.1, -0.05) is 30.3 Å². The number of fused-ring (bicyclic) bond motifs is 1. The molecule has 3 rings (SSSR count). The molecule has 2 aromatic rings. The van der Waals surface area contributed by atoms with Crippen molar-refractivity contribution in [3.63, 3.8) is 0 Å². The maximum Gasteiger partial charge on any atom is 0.154 e. The maximum absolute atomic E-state index is 11.6. The Kier molecular flexibility index (Phi) is 6.15. The Morgan fingerprint density at radius 2 is 1.96 bits per heavy atom. The number of ether oxygens (including phenoxy) is 2. The lowest BCUT2D eigenvalue weighted by Gasteiger charge is -2.35. The van der Waals surface area contributed by atoms with Crippen molar-refractivity contribution >= 4 is 17.1 Å². The first-order chi connectivity index (χ1) is 12.9. The van der Waals surface area contributed by atoms with Crippen molar-refractivity contribution in [3.05, 3.63) is 42.0 Å². The van der Waals surface area contributed by atoms with Gasteiger partial charge in [0.2, 0.25) is 0 Å². The molecule has 0 bridgehead atoms. The summed E-state index contributed by atoms with van der Waals surface area (Å²) >= 11 is 0. The SMILES string of the molecule is CC(C)(CO)OCC1CCC(Oc2ccc3ccccc3c2C=O)C(O)C1. The predicted octanol–water partition coefficient (Wildman–Crippen LogP) is 3.35. The summed E-state index contributed by atoms with van der Waals surface area (Å²) in [5.41, 5.74) is -0.0436. The summed E-state index contributed by atoms with van der Waals surface area (Å²) in [5, 5.41) is 21.7. The maximum atomic E-state index is 11.6. The van der Waals surface area contributed by atoms with Crippen molar-refractivity contribution in [2.75, 3.05) is 13.2 Å². The highest BCUT2D eigenvalue weighted by Crippen LogP contribution is 2.32. The van der Waals surface area contributed by atoms with Crippen LogP contribution in [0.5, 0.6) is 5.75 Å². The Labute approximate surface area is 159 Å². The Hall–Kier alpha value is -1.95. The molecule has 27 heavy (non-hydrogen) atoms. The molecule has 5 heteroatoms. The lowest BCUT2D eigenvalue weighted by molar-refractivity contribution is -0.0874. The Bertz CT molecular complexity index is 785. The number of aliphatic hydroxyl groups is 2. The smallest absolute Gasteiger partial charge is 0.154 e. The fraction of sp³-hybridized carbons (Fsp3) is 0.500. The van der Waals surface area contributed by atoms with Crippen molar-refractivity contribution < 1.29 is 24.5 Å². The van der Waals surface area contributed by atoms with Gasteiger partial charge in [0.05, 0.1) is 30.5 Å². The molecule has 0 saturated heterocycles. The largest absolute Gasteiger partial charge is 0.487 e. The first kappa shape index (κ1) is 19.8. The zero-order valence-corrected chi connectivity index (χ0v) is 15.9. The lowest BCUT2D eigenvalue weighted by atomic mass is 9.85. The number of benzene rings is 2. The molecule has 0 spiro atoms. The third-order valence-corrected chi connectivity index (χ3v) is 5.28. The van der Waals surface area contributed by atoms with Gasteiger partial charge in [-0.15, -0.1) is 0 Å². The zero-order valence-electron chi connectivity index (χ0n) is 15.9. The second-order valence-electron chi connectivity index (χ2n) is 7.95. The van der Waals surface area contributed by atoms with E-state index in [0.29, 0.717) is 30.8 Å². The molecule has 1 aliphatic rings. The molecule has 0 radical (unpaired) electrons. The molecule has 0 heterocycles. The molecule has 1 aliphatic carbocycles. The summed E-state index contributed by atoms with van der Waals surface area (Å²) in [7, 11) is 0. The van der Waals surface area contributed by atoms with Crippen molar-refractivity contribution in [2.45, 2.75) is 50.9 Å². The average Bonchev–Trinajstić information content (AvgIpc) is 2.68. The van der Waals surface area contributed by atoms with Gasteiger partial charge >= 0.3 is 0 Å². The van der Waals surface area contributed by atoms with E-state index in [1.807, 2.05) is 44.2 Å². The Morgan fingerprint density at radius 3 is 2.67 bits per heavy atom. The third kappa shape index (κ3) is 4.67. The van der Waals surface area contributed by atoms with Crippen LogP contribution in [0.25, 0.3) is 10.8 Å². The van der Waals surface area contributed by atoms with E-state index in [1.165, 1.54) is 0 Å². The number of carbonyl (C=O) groups excluding carboxylic acids is 1. The number of carbonyl (C=O) groups is 1. The molecule has 5 nitrogen and oxygen atoms in total. The first-order valence-corrected chi connectivity index (χ1v) is 9.50. The fourth-order valence-corrected chi connectivity index (χ4v) is 3.54. The van der Waals surface area contributed by atoms with Gasteiger partial charge in [-0.25, -0.2) is 0 Å². The molecule has 2 N–H and O–H groups in total. The van der Waals surface area contributed by atoms with Crippen LogP contribution in [0.3, 0.4) is 0 Å². The molecule has 1 fully saturated rings. The molecular formula is C22H28O5. The molecule has 2 aromatic carbocycles. The molecule has 3 unspecified atom stereocenters. The van der Waals surface area contributed by atoms with E-state index in [1.54, 1.807) is 6.07 Å². The summed E-state index contributed by atoms with van der Waals surface area (Å²) in [4.78, 5) is 11.6. The second-order valence-corrected chi connectivity index (χ2v) is 7.95. The van der Waals surface area contributed by atoms with Crippen LogP contribution in [0.2, 0.25) is 0 Å². The van der Waals surface area contributed by atoms with Crippen molar-refractivity contribution in [3.8, 4) is 5.75 Å². The van der Waals surface area contributed by atoms with Crippen LogP contribution < -0.4 is 4.74 Å². The topological polar surface area (TPSA) is 76.0 Å². The van der Waals surface area contributed by atoms with Crippen LogP contribution in [-0.4, -0.2) is 47.5 Å².